The van der Waals surface area contributed by atoms with Gasteiger partial charge < -0.3 is 9.67 Å². The molecule has 0 radical (unpaired) electrons. The maximum absolute atomic E-state index is 15.4. The van der Waals surface area contributed by atoms with Crippen LogP contribution in [0, 0.1) is 19.7 Å². The Morgan fingerprint density at radius 2 is 1.89 bits per heavy atom. The van der Waals surface area contributed by atoms with E-state index in [2.05, 4.69) is 5.10 Å². The highest BCUT2D eigenvalue weighted by molar-refractivity contribution is 7.99. The van der Waals surface area contributed by atoms with Crippen molar-refractivity contribution in [3.63, 3.8) is 0 Å². The van der Waals surface area contributed by atoms with Crippen molar-refractivity contribution in [2.24, 2.45) is 0 Å². The molecule has 2 heterocycles. The molecule has 2 aromatic heterocycles. The van der Waals surface area contributed by atoms with Gasteiger partial charge in [0, 0.05) is 39.2 Å². The smallest absolute Gasteiger partial charge is 0.195 e. The zero-order chi connectivity index (χ0) is 26.3. The van der Waals surface area contributed by atoms with E-state index in [1.807, 2.05) is 61.9 Å². The second-order valence-corrected chi connectivity index (χ2v) is 10.3. The van der Waals surface area contributed by atoms with Gasteiger partial charge in [-0.3, -0.25) is 9.48 Å². The van der Waals surface area contributed by atoms with Crippen molar-refractivity contribution in [3.05, 3.63) is 106 Å². The second kappa shape index (κ2) is 10.2. The van der Waals surface area contributed by atoms with Crippen molar-refractivity contribution in [2.45, 2.75) is 43.2 Å². The summed E-state index contributed by atoms with van der Waals surface area (Å²) in [7, 11) is 0. The number of fused-ring (bicyclic) bond motifs is 1. The fraction of sp³-hybridized carbons (Fsp3) is 0.172. The number of hydrogen-bond acceptors (Lipinski definition) is 4. The highest BCUT2D eigenvalue weighted by atomic mass is 35.5. The Kier molecular flexibility index (Phi) is 6.94. The third kappa shape index (κ3) is 4.59. The minimum absolute atomic E-state index is 0.0471. The van der Waals surface area contributed by atoms with E-state index in [0.717, 1.165) is 32.1 Å². The Morgan fingerprint density at radius 1 is 1.14 bits per heavy atom. The molecule has 1 N–H and O–H groups in total. The summed E-state index contributed by atoms with van der Waals surface area (Å²) in [4.78, 5) is 14.6. The molecule has 0 bridgehead atoms. The number of Topliss-reactive ketones (excluding diaryl/α,β-unsaturated/α-hetero) is 1. The van der Waals surface area contributed by atoms with E-state index in [1.165, 1.54) is 11.8 Å². The number of rotatable bonds is 7. The molecule has 0 saturated carbocycles. The normalized spacial score (nSPS) is 12.3. The lowest BCUT2D eigenvalue weighted by Crippen LogP contribution is -2.13. The molecular weight excluding hydrogens is 509 g/mol. The van der Waals surface area contributed by atoms with Crippen molar-refractivity contribution in [3.8, 4) is 5.69 Å². The lowest BCUT2D eigenvalue weighted by atomic mass is 9.97. The monoisotopic (exact) mass is 533 g/mol. The average Bonchev–Trinajstić information content (AvgIpc) is 3.49. The molecule has 0 fully saturated rings. The van der Waals surface area contributed by atoms with Crippen molar-refractivity contribution < 1.29 is 14.3 Å². The molecule has 1 unspecified atom stereocenters. The van der Waals surface area contributed by atoms with Crippen LogP contribution in [0.25, 0.3) is 16.6 Å². The summed E-state index contributed by atoms with van der Waals surface area (Å²) in [5.41, 5.74) is 3.76. The number of halogens is 2. The van der Waals surface area contributed by atoms with Crippen molar-refractivity contribution in [1.82, 2.24) is 14.3 Å². The van der Waals surface area contributed by atoms with Gasteiger partial charge in [-0.25, -0.2) is 4.39 Å². The van der Waals surface area contributed by atoms with Gasteiger partial charge in [0.2, 0.25) is 0 Å². The van der Waals surface area contributed by atoms with Crippen LogP contribution in [-0.2, 0) is 6.54 Å². The lowest BCUT2D eigenvalue weighted by Gasteiger charge is -2.15. The third-order valence-electron chi connectivity index (χ3n) is 6.47. The molecule has 5 aromatic rings. The summed E-state index contributed by atoms with van der Waals surface area (Å²) < 4.78 is 19.0. The van der Waals surface area contributed by atoms with Crippen LogP contribution < -0.4 is 0 Å². The van der Waals surface area contributed by atoms with Crippen molar-refractivity contribution in [1.29, 1.82) is 0 Å². The summed E-state index contributed by atoms with van der Waals surface area (Å²) in [6.45, 7) is 6.48. The molecule has 0 spiro atoms. The van der Waals surface area contributed by atoms with Crippen molar-refractivity contribution in [2.75, 3.05) is 0 Å². The molecule has 3 aromatic carbocycles. The number of ketones is 1. The highest BCUT2D eigenvalue weighted by Crippen LogP contribution is 2.42. The average molecular weight is 534 g/mol. The van der Waals surface area contributed by atoms with Crippen LogP contribution in [0.5, 0.6) is 0 Å². The van der Waals surface area contributed by atoms with Crippen LogP contribution >= 0.6 is 23.4 Å². The number of nitrogens with zero attached hydrogens (tertiary/aromatic N) is 3. The Hall–Kier alpha value is -3.39. The number of carbonyl (C=O) groups is 1. The minimum Gasteiger partial charge on any atom is -0.380 e. The largest absolute Gasteiger partial charge is 0.380 e. The molecule has 37 heavy (non-hydrogen) atoms. The standard InChI is InChI=1S/C29H25ClFN3O2S/c1-4-33-16-20(15-32-33)34-18(3)29(22-12-13-24(30)25(31)26(22)34)37-21-11-10-17(2)23(14-21)28(36)27(35)19-8-6-5-7-9-19/h5-16,28,36H,4H2,1-3H3. The molecule has 5 nitrogen and oxygen atoms in total. The Morgan fingerprint density at radius 3 is 2.59 bits per heavy atom. The predicted molar refractivity (Wildman–Crippen MR) is 145 cm³/mol. The first-order chi connectivity index (χ1) is 17.8. The minimum atomic E-state index is -1.29. The second-order valence-electron chi connectivity index (χ2n) is 8.81. The van der Waals surface area contributed by atoms with Crippen molar-refractivity contribution >= 4 is 40.0 Å². The third-order valence-corrected chi connectivity index (χ3v) is 7.98. The van der Waals surface area contributed by atoms with Gasteiger partial charge in [0.05, 0.1) is 22.4 Å². The van der Waals surface area contributed by atoms with Crippen LogP contribution in [0.15, 0.2) is 82.8 Å². The molecule has 0 amide bonds. The quantitative estimate of drug-likeness (QED) is 0.223. The first kappa shape index (κ1) is 25.3. The van der Waals surface area contributed by atoms with E-state index >= 15 is 4.39 Å². The van der Waals surface area contributed by atoms with Crippen LogP contribution in [0.1, 0.15) is 40.2 Å². The molecule has 0 aliphatic carbocycles. The SMILES string of the molecule is CCn1cc(-n2c(C)c(Sc3ccc(C)c(C(O)C(=O)c4ccccc4)c3)c3ccc(Cl)c(F)c32)cn1. The number of benzene rings is 3. The van der Waals surface area contributed by atoms with Gasteiger partial charge in [-0.05, 0) is 56.2 Å². The fourth-order valence-electron chi connectivity index (χ4n) is 4.49. The summed E-state index contributed by atoms with van der Waals surface area (Å²) >= 11 is 7.63. The number of aromatic nitrogens is 3. The van der Waals surface area contributed by atoms with E-state index in [4.69, 9.17) is 11.6 Å². The van der Waals surface area contributed by atoms with Crippen LogP contribution in [0.4, 0.5) is 4.39 Å². The van der Waals surface area contributed by atoms with Crippen LogP contribution in [-0.4, -0.2) is 25.2 Å². The molecule has 0 saturated heterocycles. The van der Waals surface area contributed by atoms with Gasteiger partial charge in [0.25, 0.3) is 0 Å². The fourth-order valence-corrected chi connectivity index (χ4v) is 5.72. The van der Waals surface area contributed by atoms with Gasteiger partial charge in [-0.15, -0.1) is 0 Å². The molecule has 1 atom stereocenters. The zero-order valence-electron chi connectivity index (χ0n) is 20.6. The Balaban J connectivity index is 1.59. The van der Waals surface area contributed by atoms with E-state index in [-0.39, 0.29) is 10.8 Å². The summed E-state index contributed by atoms with van der Waals surface area (Å²) in [6, 6.07) is 17.8. The summed E-state index contributed by atoms with van der Waals surface area (Å²) in [5, 5.41) is 16.1. The maximum Gasteiger partial charge on any atom is 0.195 e. The number of aliphatic hydroxyl groups is 1. The van der Waals surface area contributed by atoms with Crippen LogP contribution in [0.3, 0.4) is 0 Å². The molecule has 0 aliphatic rings. The Labute approximate surface area is 223 Å². The number of carbonyl (C=O) groups excluding carboxylic acids is 1. The highest BCUT2D eigenvalue weighted by Gasteiger charge is 2.24. The van der Waals surface area contributed by atoms with E-state index in [9.17, 15) is 9.90 Å². The van der Waals surface area contributed by atoms with Crippen LogP contribution in [0.2, 0.25) is 5.02 Å². The van der Waals surface area contributed by atoms with E-state index < -0.39 is 11.9 Å². The van der Waals surface area contributed by atoms with Gasteiger partial charge in [-0.2, -0.15) is 5.10 Å². The molecule has 0 aliphatic heterocycles. The molecule has 5 rings (SSSR count). The topological polar surface area (TPSA) is 60.0 Å². The lowest BCUT2D eigenvalue weighted by molar-refractivity contribution is 0.0746. The van der Waals surface area contributed by atoms with E-state index in [1.54, 1.807) is 41.2 Å². The van der Waals surface area contributed by atoms with Gasteiger partial charge >= 0.3 is 0 Å². The van der Waals surface area contributed by atoms with Gasteiger partial charge in [0.1, 0.15) is 6.10 Å². The number of aliphatic hydroxyl groups excluding tert-OH is 1. The maximum atomic E-state index is 15.4. The zero-order valence-corrected chi connectivity index (χ0v) is 22.1. The first-order valence-electron chi connectivity index (χ1n) is 11.9. The van der Waals surface area contributed by atoms with E-state index in [0.29, 0.717) is 23.2 Å². The summed E-state index contributed by atoms with van der Waals surface area (Å²) in [5.74, 6) is -0.852. The predicted octanol–water partition coefficient (Wildman–Crippen LogP) is 7.32. The Bertz CT molecular complexity index is 1630. The number of hydrogen-bond donors (Lipinski definition) is 1. The number of aryl methyl sites for hydroxylation is 2. The molecule has 188 valence electrons. The molecule has 8 heteroatoms. The first-order valence-corrected chi connectivity index (χ1v) is 13.1. The summed E-state index contributed by atoms with van der Waals surface area (Å²) in [6.07, 6.45) is 2.29. The molecular formula is C29H25ClFN3O2S. The van der Waals surface area contributed by atoms with Gasteiger partial charge in [-0.1, -0.05) is 59.8 Å². The van der Waals surface area contributed by atoms with Gasteiger partial charge in [0.15, 0.2) is 11.6 Å².